The summed E-state index contributed by atoms with van der Waals surface area (Å²) in [4.78, 5) is 5.97. The molecule has 6 heteroatoms. The molecule has 0 unspecified atom stereocenters. The van der Waals surface area contributed by atoms with Gasteiger partial charge in [0, 0.05) is 13.1 Å². The largest absolute Gasteiger partial charge is 0.491 e. The number of hydrogen-bond donors (Lipinski definition) is 0. The number of anilines is 1. The van der Waals surface area contributed by atoms with Crippen LogP contribution in [0.5, 0.6) is 5.75 Å². The van der Waals surface area contributed by atoms with Gasteiger partial charge in [-0.3, -0.25) is 0 Å². The number of para-hydroxylation sites is 1. The quantitative estimate of drug-likeness (QED) is 0.677. The minimum atomic E-state index is -0.491. The third-order valence-electron chi connectivity index (χ3n) is 4.89. The zero-order valence-electron chi connectivity index (χ0n) is 14.5. The molecule has 4 rings (SSSR count). The second-order valence-electron chi connectivity index (χ2n) is 6.77. The van der Waals surface area contributed by atoms with Gasteiger partial charge in [0.15, 0.2) is 17.5 Å². The van der Waals surface area contributed by atoms with Crippen molar-refractivity contribution in [3.8, 4) is 5.75 Å². The number of aromatic nitrogens is 1. The number of oxazole rings is 1. The molecule has 0 atom stereocenters. The highest BCUT2D eigenvalue weighted by molar-refractivity contribution is 5.79. The highest BCUT2D eigenvalue weighted by Crippen LogP contribution is 2.30. The predicted octanol–water partition coefficient (Wildman–Crippen LogP) is 4.71. The molecule has 136 valence electrons. The average Bonchev–Trinajstić information content (AvgIpc) is 3.09. The zero-order valence-corrected chi connectivity index (χ0v) is 14.5. The molecule has 1 aromatic heterocycles. The van der Waals surface area contributed by atoms with E-state index in [4.69, 9.17) is 9.15 Å². The van der Waals surface area contributed by atoms with Crippen molar-refractivity contribution < 1.29 is 17.9 Å². The van der Waals surface area contributed by atoms with Gasteiger partial charge in [-0.25, -0.2) is 13.8 Å². The van der Waals surface area contributed by atoms with Crippen molar-refractivity contribution in [3.63, 3.8) is 0 Å². The van der Waals surface area contributed by atoms with Crippen molar-refractivity contribution >= 4 is 16.8 Å². The summed E-state index contributed by atoms with van der Waals surface area (Å²) in [6, 6.07) is 8.35. The summed E-state index contributed by atoms with van der Waals surface area (Å²) in [7, 11) is 0. The molecule has 2 aromatic carbocycles. The summed E-state index contributed by atoms with van der Waals surface area (Å²) in [6.07, 6.45) is 3.05. The Morgan fingerprint density at radius 2 is 1.92 bits per heavy atom. The van der Waals surface area contributed by atoms with E-state index in [9.17, 15) is 8.78 Å². The fourth-order valence-corrected chi connectivity index (χ4v) is 3.50. The summed E-state index contributed by atoms with van der Waals surface area (Å²) in [6.45, 7) is 3.46. The molecular weight excluding hydrogens is 338 g/mol. The summed E-state index contributed by atoms with van der Waals surface area (Å²) in [5.41, 5.74) is 2.09. The Bertz CT molecular complexity index is 894. The van der Waals surface area contributed by atoms with Crippen LogP contribution in [0, 0.1) is 24.5 Å². The molecule has 0 radical (unpaired) electrons. The first-order valence-electron chi connectivity index (χ1n) is 8.77. The van der Waals surface area contributed by atoms with Crippen molar-refractivity contribution in [1.82, 2.24) is 4.98 Å². The van der Waals surface area contributed by atoms with E-state index in [-0.39, 0.29) is 5.69 Å². The number of hydrogen-bond acceptors (Lipinski definition) is 4. The average molecular weight is 358 g/mol. The van der Waals surface area contributed by atoms with Gasteiger partial charge >= 0.3 is 0 Å². The molecule has 1 aliphatic rings. The van der Waals surface area contributed by atoms with Crippen molar-refractivity contribution in [1.29, 1.82) is 0 Å². The third-order valence-corrected chi connectivity index (χ3v) is 4.89. The highest BCUT2D eigenvalue weighted by Gasteiger charge is 2.24. The maximum Gasteiger partial charge on any atom is 0.182 e. The van der Waals surface area contributed by atoms with Crippen LogP contribution in [0.2, 0.25) is 0 Å². The monoisotopic (exact) mass is 358 g/mol. The van der Waals surface area contributed by atoms with Crippen LogP contribution in [0.1, 0.15) is 18.4 Å². The van der Waals surface area contributed by atoms with Gasteiger partial charge in [-0.15, -0.1) is 0 Å². The van der Waals surface area contributed by atoms with E-state index in [0.29, 0.717) is 48.0 Å². The highest BCUT2D eigenvalue weighted by atomic mass is 19.1. The maximum atomic E-state index is 14.2. The molecule has 2 heterocycles. The molecule has 0 bridgehead atoms. The number of benzene rings is 2. The normalized spacial score (nSPS) is 15.6. The first-order chi connectivity index (χ1) is 12.6. The van der Waals surface area contributed by atoms with Gasteiger partial charge in [-0.1, -0.05) is 6.07 Å². The van der Waals surface area contributed by atoms with E-state index < -0.39 is 11.6 Å². The molecule has 0 spiro atoms. The predicted molar refractivity (Wildman–Crippen MR) is 95.5 cm³/mol. The summed E-state index contributed by atoms with van der Waals surface area (Å²) in [5, 5.41) is 0. The van der Waals surface area contributed by atoms with Crippen LogP contribution in [0.4, 0.5) is 14.5 Å². The fraction of sp³-hybridized carbons (Fsp3) is 0.350. The van der Waals surface area contributed by atoms with E-state index in [1.54, 1.807) is 11.8 Å². The van der Waals surface area contributed by atoms with Crippen molar-refractivity contribution in [2.45, 2.75) is 19.8 Å². The van der Waals surface area contributed by atoms with Gasteiger partial charge in [-0.2, -0.15) is 0 Å². The Labute approximate surface area is 150 Å². The fourth-order valence-electron chi connectivity index (χ4n) is 3.50. The van der Waals surface area contributed by atoms with E-state index in [2.05, 4.69) is 4.98 Å². The number of ether oxygens (including phenoxy) is 1. The van der Waals surface area contributed by atoms with Gasteiger partial charge in [0.1, 0.15) is 23.1 Å². The Hall–Kier alpha value is -2.63. The Kier molecular flexibility index (Phi) is 4.49. The number of halogens is 2. The first-order valence-corrected chi connectivity index (χ1v) is 8.77. The SMILES string of the molecule is Cc1cc(F)c(N2CCC(COc3cccc4ocnc34)CC2)c(F)c1. The summed E-state index contributed by atoms with van der Waals surface area (Å²) in [5.74, 6) is 0.0594. The van der Waals surface area contributed by atoms with Gasteiger partial charge in [0.2, 0.25) is 0 Å². The Morgan fingerprint density at radius 3 is 2.65 bits per heavy atom. The number of piperidine rings is 1. The topological polar surface area (TPSA) is 38.5 Å². The van der Waals surface area contributed by atoms with Crippen LogP contribution in [-0.4, -0.2) is 24.7 Å². The van der Waals surface area contributed by atoms with Gasteiger partial charge in [-0.05, 0) is 55.5 Å². The Morgan fingerprint density at radius 1 is 1.19 bits per heavy atom. The molecule has 1 saturated heterocycles. The van der Waals surface area contributed by atoms with Gasteiger partial charge in [0.25, 0.3) is 0 Å². The lowest BCUT2D eigenvalue weighted by molar-refractivity contribution is 0.224. The van der Waals surface area contributed by atoms with E-state index >= 15 is 0 Å². The number of fused-ring (bicyclic) bond motifs is 1. The molecular formula is C20H20F2N2O2. The molecule has 3 aromatic rings. The van der Waals surface area contributed by atoms with Gasteiger partial charge in [0.05, 0.1) is 6.61 Å². The van der Waals surface area contributed by atoms with Crippen LogP contribution >= 0.6 is 0 Å². The van der Waals surface area contributed by atoms with Crippen LogP contribution < -0.4 is 9.64 Å². The van der Waals surface area contributed by atoms with E-state index in [1.807, 2.05) is 18.2 Å². The molecule has 0 saturated carbocycles. The summed E-state index contributed by atoms with van der Waals surface area (Å²) < 4.78 is 39.5. The molecule has 0 N–H and O–H groups in total. The zero-order chi connectivity index (χ0) is 18.1. The lowest BCUT2D eigenvalue weighted by Crippen LogP contribution is -2.36. The minimum Gasteiger partial charge on any atom is -0.491 e. The smallest absolute Gasteiger partial charge is 0.182 e. The molecule has 1 fully saturated rings. The standard InChI is InChI=1S/C20H20F2N2O2/c1-13-9-15(21)20(16(22)10-13)24-7-5-14(6-8-24)11-25-17-3-2-4-18-19(17)23-12-26-18/h2-4,9-10,12,14H,5-8,11H2,1H3. The van der Waals surface area contributed by atoms with Gasteiger partial charge < -0.3 is 14.1 Å². The first kappa shape index (κ1) is 16.8. The van der Waals surface area contributed by atoms with Crippen LogP contribution in [0.25, 0.3) is 11.1 Å². The maximum absolute atomic E-state index is 14.2. The van der Waals surface area contributed by atoms with Crippen molar-refractivity contribution in [2.24, 2.45) is 5.92 Å². The Balaban J connectivity index is 1.38. The number of aryl methyl sites for hydroxylation is 1. The number of nitrogens with zero attached hydrogens (tertiary/aromatic N) is 2. The molecule has 0 amide bonds. The number of rotatable bonds is 4. The van der Waals surface area contributed by atoms with Crippen molar-refractivity contribution in [2.75, 3.05) is 24.6 Å². The van der Waals surface area contributed by atoms with Crippen LogP contribution in [0.15, 0.2) is 41.1 Å². The van der Waals surface area contributed by atoms with Crippen LogP contribution in [0.3, 0.4) is 0 Å². The third kappa shape index (κ3) is 3.23. The molecule has 4 nitrogen and oxygen atoms in total. The van der Waals surface area contributed by atoms with Crippen molar-refractivity contribution in [3.05, 3.63) is 53.9 Å². The van der Waals surface area contributed by atoms with Crippen LogP contribution in [-0.2, 0) is 0 Å². The minimum absolute atomic E-state index is 0.0855. The lowest BCUT2D eigenvalue weighted by Gasteiger charge is -2.33. The van der Waals surface area contributed by atoms with E-state index in [0.717, 1.165) is 12.8 Å². The second kappa shape index (κ2) is 6.94. The molecule has 1 aliphatic heterocycles. The molecule has 0 aliphatic carbocycles. The molecule has 26 heavy (non-hydrogen) atoms. The second-order valence-corrected chi connectivity index (χ2v) is 6.77. The lowest BCUT2D eigenvalue weighted by atomic mass is 9.97. The van der Waals surface area contributed by atoms with E-state index in [1.165, 1.54) is 18.5 Å². The summed E-state index contributed by atoms with van der Waals surface area (Å²) >= 11 is 0.